The molecule has 0 unspecified atom stereocenters. The highest BCUT2D eigenvalue weighted by Crippen LogP contribution is 2.17. The first-order valence-electron chi connectivity index (χ1n) is 4.66. The van der Waals surface area contributed by atoms with Gasteiger partial charge in [0, 0.05) is 22.8 Å². The minimum absolute atomic E-state index is 0.555. The number of hydrogen-bond acceptors (Lipinski definition) is 3. The number of hydrogen-bond donors (Lipinski definition) is 1. The SMILES string of the molecule is CCc1ccc(CN(C)CC(N)=S)s1. The molecule has 2 nitrogen and oxygen atoms in total. The van der Waals surface area contributed by atoms with Gasteiger partial charge in [0.15, 0.2) is 0 Å². The second-order valence-corrected chi connectivity index (χ2v) is 5.14. The lowest BCUT2D eigenvalue weighted by Gasteiger charge is -2.13. The van der Waals surface area contributed by atoms with Crippen LogP contribution in [0.25, 0.3) is 0 Å². The van der Waals surface area contributed by atoms with Crippen LogP contribution in [0.1, 0.15) is 16.7 Å². The van der Waals surface area contributed by atoms with Gasteiger partial charge in [-0.25, -0.2) is 0 Å². The lowest BCUT2D eigenvalue weighted by atomic mass is 10.3. The molecule has 1 aromatic heterocycles. The van der Waals surface area contributed by atoms with E-state index in [4.69, 9.17) is 18.0 Å². The predicted molar refractivity (Wildman–Crippen MR) is 66.8 cm³/mol. The molecule has 0 aromatic carbocycles. The number of thiophene rings is 1. The van der Waals surface area contributed by atoms with Crippen molar-refractivity contribution in [3.63, 3.8) is 0 Å². The van der Waals surface area contributed by atoms with Crippen LogP contribution in [0.2, 0.25) is 0 Å². The number of nitrogens with two attached hydrogens (primary N) is 1. The molecule has 2 N–H and O–H groups in total. The second kappa shape index (κ2) is 5.44. The first-order chi connectivity index (χ1) is 6.61. The predicted octanol–water partition coefficient (Wildman–Crippen LogP) is 2.03. The zero-order valence-corrected chi connectivity index (χ0v) is 10.3. The summed E-state index contributed by atoms with van der Waals surface area (Å²) >= 11 is 6.72. The number of nitrogens with zero attached hydrogens (tertiary/aromatic N) is 1. The largest absolute Gasteiger partial charge is 0.392 e. The minimum Gasteiger partial charge on any atom is -0.392 e. The molecule has 0 amide bonds. The summed E-state index contributed by atoms with van der Waals surface area (Å²) in [4.78, 5) is 5.50. The summed E-state index contributed by atoms with van der Waals surface area (Å²) < 4.78 is 0. The van der Waals surface area contributed by atoms with Crippen molar-refractivity contribution in [3.05, 3.63) is 21.9 Å². The molecule has 1 aromatic rings. The van der Waals surface area contributed by atoms with E-state index in [2.05, 4.69) is 24.0 Å². The molecule has 0 saturated carbocycles. The number of rotatable bonds is 5. The van der Waals surface area contributed by atoms with Gasteiger partial charge in [0.05, 0.1) is 4.99 Å². The Morgan fingerprint density at radius 3 is 2.64 bits per heavy atom. The molecule has 0 aliphatic rings. The third kappa shape index (κ3) is 3.74. The van der Waals surface area contributed by atoms with E-state index in [9.17, 15) is 0 Å². The second-order valence-electron chi connectivity index (χ2n) is 3.36. The summed E-state index contributed by atoms with van der Waals surface area (Å²) in [6, 6.07) is 4.37. The van der Waals surface area contributed by atoms with Crippen LogP contribution in [0.5, 0.6) is 0 Å². The molecule has 0 fully saturated rings. The van der Waals surface area contributed by atoms with Crippen molar-refractivity contribution >= 4 is 28.5 Å². The number of thiocarbonyl (C=S) groups is 1. The molecule has 1 heterocycles. The first-order valence-corrected chi connectivity index (χ1v) is 5.88. The van der Waals surface area contributed by atoms with E-state index in [-0.39, 0.29) is 0 Å². The molecule has 0 atom stereocenters. The van der Waals surface area contributed by atoms with E-state index in [0.29, 0.717) is 11.5 Å². The Labute approximate surface area is 94.7 Å². The third-order valence-corrected chi connectivity index (χ3v) is 3.26. The van der Waals surface area contributed by atoms with Crippen LogP contribution in [0.3, 0.4) is 0 Å². The zero-order valence-electron chi connectivity index (χ0n) is 8.62. The van der Waals surface area contributed by atoms with Crippen molar-refractivity contribution in [1.29, 1.82) is 0 Å². The lowest BCUT2D eigenvalue weighted by Crippen LogP contribution is -2.28. The van der Waals surface area contributed by atoms with Gasteiger partial charge in [-0.1, -0.05) is 19.1 Å². The normalized spacial score (nSPS) is 10.8. The molecule has 0 aliphatic carbocycles. The minimum atomic E-state index is 0.555. The molecule has 0 radical (unpaired) electrons. The fourth-order valence-corrected chi connectivity index (χ4v) is 2.54. The molecule has 0 spiro atoms. The van der Waals surface area contributed by atoms with Crippen molar-refractivity contribution in [3.8, 4) is 0 Å². The highest BCUT2D eigenvalue weighted by molar-refractivity contribution is 7.80. The topological polar surface area (TPSA) is 29.3 Å². The van der Waals surface area contributed by atoms with Gasteiger partial charge in [-0.3, -0.25) is 4.90 Å². The highest BCUT2D eigenvalue weighted by Gasteiger charge is 2.03. The van der Waals surface area contributed by atoms with E-state index in [1.807, 2.05) is 18.4 Å². The molecular weight excluding hydrogens is 212 g/mol. The van der Waals surface area contributed by atoms with Gasteiger partial charge < -0.3 is 5.73 Å². The number of aryl methyl sites for hydroxylation is 1. The first kappa shape index (κ1) is 11.6. The Balaban J connectivity index is 2.47. The smallest absolute Gasteiger partial charge is 0.0870 e. The van der Waals surface area contributed by atoms with E-state index in [0.717, 1.165) is 13.0 Å². The van der Waals surface area contributed by atoms with Crippen LogP contribution in [0.15, 0.2) is 12.1 Å². The molecule has 78 valence electrons. The van der Waals surface area contributed by atoms with Gasteiger partial charge >= 0.3 is 0 Å². The summed E-state index contributed by atoms with van der Waals surface area (Å²) in [7, 11) is 2.03. The maximum absolute atomic E-state index is 5.47. The average Bonchev–Trinajstić information content (AvgIpc) is 2.50. The molecule has 0 bridgehead atoms. The fourth-order valence-electron chi connectivity index (χ4n) is 1.29. The molecule has 14 heavy (non-hydrogen) atoms. The van der Waals surface area contributed by atoms with Gasteiger partial charge in [0.2, 0.25) is 0 Å². The van der Waals surface area contributed by atoms with Crippen LogP contribution in [0.4, 0.5) is 0 Å². The maximum Gasteiger partial charge on any atom is 0.0870 e. The Morgan fingerprint density at radius 1 is 1.50 bits per heavy atom. The van der Waals surface area contributed by atoms with Gasteiger partial charge in [0.25, 0.3) is 0 Å². The van der Waals surface area contributed by atoms with E-state index < -0.39 is 0 Å². The van der Waals surface area contributed by atoms with Crippen LogP contribution < -0.4 is 5.73 Å². The van der Waals surface area contributed by atoms with Crippen molar-refractivity contribution in [2.45, 2.75) is 19.9 Å². The summed E-state index contributed by atoms with van der Waals surface area (Å²) in [5, 5.41) is 0. The lowest BCUT2D eigenvalue weighted by molar-refractivity contribution is 0.378. The van der Waals surface area contributed by atoms with Crippen LogP contribution in [-0.2, 0) is 13.0 Å². The van der Waals surface area contributed by atoms with Gasteiger partial charge in [-0.15, -0.1) is 11.3 Å². The van der Waals surface area contributed by atoms with E-state index in [1.165, 1.54) is 9.75 Å². The summed E-state index contributed by atoms with van der Waals surface area (Å²) in [6.45, 7) is 3.80. The number of likely N-dealkylation sites (N-methyl/N-ethyl adjacent to an activating group) is 1. The quantitative estimate of drug-likeness (QED) is 0.782. The fraction of sp³-hybridized carbons (Fsp3) is 0.500. The van der Waals surface area contributed by atoms with Crippen molar-refractivity contribution in [1.82, 2.24) is 4.90 Å². The van der Waals surface area contributed by atoms with Gasteiger partial charge in [-0.2, -0.15) is 0 Å². The molecule has 1 rings (SSSR count). The van der Waals surface area contributed by atoms with E-state index in [1.54, 1.807) is 0 Å². The van der Waals surface area contributed by atoms with Gasteiger partial charge in [0.1, 0.15) is 0 Å². The maximum atomic E-state index is 5.47. The Morgan fingerprint density at radius 2 is 2.14 bits per heavy atom. The van der Waals surface area contributed by atoms with Crippen molar-refractivity contribution in [2.24, 2.45) is 5.73 Å². The van der Waals surface area contributed by atoms with Crippen LogP contribution in [0, 0.1) is 0 Å². The zero-order chi connectivity index (χ0) is 10.6. The Bertz CT molecular complexity index is 307. The van der Waals surface area contributed by atoms with Crippen molar-refractivity contribution in [2.75, 3.05) is 13.6 Å². The Kier molecular flexibility index (Phi) is 4.51. The highest BCUT2D eigenvalue weighted by atomic mass is 32.1. The summed E-state index contributed by atoms with van der Waals surface area (Å²) in [5.41, 5.74) is 5.47. The molecule has 4 heteroatoms. The molecule has 0 saturated heterocycles. The standard InChI is InChI=1S/C10H16N2S2/c1-3-8-4-5-9(14-8)6-12(2)7-10(11)13/h4-5H,3,6-7H2,1-2H3,(H2,11,13). The molecule has 0 aliphatic heterocycles. The van der Waals surface area contributed by atoms with Crippen LogP contribution in [-0.4, -0.2) is 23.5 Å². The molecular formula is C10H16N2S2. The monoisotopic (exact) mass is 228 g/mol. The van der Waals surface area contributed by atoms with Crippen molar-refractivity contribution < 1.29 is 0 Å². The summed E-state index contributed by atoms with van der Waals surface area (Å²) in [5.74, 6) is 0. The third-order valence-electron chi connectivity index (χ3n) is 1.92. The van der Waals surface area contributed by atoms with E-state index >= 15 is 0 Å². The average molecular weight is 228 g/mol. The Hall–Kier alpha value is -0.450. The van der Waals surface area contributed by atoms with Crippen LogP contribution >= 0.6 is 23.6 Å². The summed E-state index contributed by atoms with van der Waals surface area (Å²) in [6.07, 6.45) is 1.11. The van der Waals surface area contributed by atoms with Gasteiger partial charge in [-0.05, 0) is 25.6 Å².